The Balaban J connectivity index is 1.96. The van der Waals surface area contributed by atoms with Gasteiger partial charge in [0.05, 0.1) is 6.04 Å². The van der Waals surface area contributed by atoms with E-state index in [1.807, 2.05) is 13.8 Å². The zero-order chi connectivity index (χ0) is 23.0. The van der Waals surface area contributed by atoms with E-state index in [4.69, 9.17) is 4.42 Å². The molecule has 0 spiro atoms. The summed E-state index contributed by atoms with van der Waals surface area (Å²) in [5, 5.41) is 11.4. The largest absolute Gasteiger partial charge is 0.408 e. The van der Waals surface area contributed by atoms with Crippen LogP contribution in [0.25, 0.3) is 0 Å². The van der Waals surface area contributed by atoms with Crippen LogP contribution in [-0.4, -0.2) is 57.2 Å². The molecule has 2 rings (SSSR count). The maximum absolute atomic E-state index is 13.0. The number of rotatable bonds is 12. The topological polar surface area (TPSA) is 88.3 Å². The van der Waals surface area contributed by atoms with Gasteiger partial charge >= 0.3 is 0 Å². The van der Waals surface area contributed by atoms with Crippen molar-refractivity contribution in [2.24, 2.45) is 11.8 Å². The molecular weight excluding hydrogens is 412 g/mol. The van der Waals surface area contributed by atoms with Gasteiger partial charge in [-0.05, 0) is 52.9 Å². The first-order valence-electron chi connectivity index (χ1n) is 11.8. The van der Waals surface area contributed by atoms with Crippen LogP contribution in [0.5, 0.6) is 0 Å². The minimum atomic E-state index is -0.620. The zero-order valence-corrected chi connectivity index (χ0v) is 20.8. The summed E-state index contributed by atoms with van der Waals surface area (Å²) in [7, 11) is 0. The summed E-state index contributed by atoms with van der Waals surface area (Å²) in [6.45, 7) is 13.7. The maximum Gasteiger partial charge on any atom is 0.286 e. The van der Waals surface area contributed by atoms with Crippen molar-refractivity contribution in [3.8, 4) is 0 Å². The highest BCUT2D eigenvalue weighted by molar-refractivity contribution is 7.99. The summed E-state index contributed by atoms with van der Waals surface area (Å²) in [5.74, 6) is 0.755. The third-order valence-corrected chi connectivity index (χ3v) is 6.63. The van der Waals surface area contributed by atoms with E-state index in [1.54, 1.807) is 0 Å². The van der Waals surface area contributed by atoms with Gasteiger partial charge in [-0.15, -0.1) is 10.2 Å². The molecule has 1 aromatic rings. The number of Topliss-reactive ketones (excluding diaryl/α,β-unsaturated/α-hetero) is 1. The van der Waals surface area contributed by atoms with Gasteiger partial charge in [0.1, 0.15) is 0 Å². The number of hydrogen-bond donors (Lipinski definition) is 1. The van der Waals surface area contributed by atoms with E-state index < -0.39 is 6.04 Å². The molecule has 0 bridgehead atoms. The number of hydrogen-bond acceptors (Lipinski definition) is 7. The number of carbonyl (C=O) groups excluding carboxylic acids is 2. The van der Waals surface area contributed by atoms with Crippen LogP contribution in [0, 0.1) is 11.8 Å². The third kappa shape index (κ3) is 8.22. The van der Waals surface area contributed by atoms with Crippen LogP contribution in [0.2, 0.25) is 0 Å². The van der Waals surface area contributed by atoms with Gasteiger partial charge in [-0.25, -0.2) is 0 Å². The summed E-state index contributed by atoms with van der Waals surface area (Å²) in [4.78, 5) is 28.1. The number of thioether (sulfide) groups is 1. The van der Waals surface area contributed by atoms with Crippen LogP contribution >= 0.6 is 11.8 Å². The van der Waals surface area contributed by atoms with Crippen LogP contribution < -0.4 is 5.32 Å². The van der Waals surface area contributed by atoms with E-state index in [-0.39, 0.29) is 29.4 Å². The lowest BCUT2D eigenvalue weighted by atomic mass is 9.88. The molecule has 1 aliphatic rings. The fraction of sp³-hybridized carbons (Fsp3) is 0.826. The molecule has 1 saturated carbocycles. The van der Waals surface area contributed by atoms with E-state index >= 15 is 0 Å². The second-order valence-corrected chi connectivity index (χ2v) is 10.6. The van der Waals surface area contributed by atoms with E-state index in [2.05, 4.69) is 48.1 Å². The molecule has 176 valence electrons. The number of aromatic nitrogens is 2. The van der Waals surface area contributed by atoms with Crippen molar-refractivity contribution >= 4 is 23.5 Å². The van der Waals surface area contributed by atoms with Crippen molar-refractivity contribution in [3.05, 3.63) is 5.89 Å². The molecule has 1 aromatic heterocycles. The number of amides is 1. The number of nitrogens with zero attached hydrogens (tertiary/aromatic N) is 3. The molecule has 1 heterocycles. The van der Waals surface area contributed by atoms with Gasteiger partial charge in [-0.2, -0.15) is 0 Å². The van der Waals surface area contributed by atoms with Crippen molar-refractivity contribution < 1.29 is 14.0 Å². The van der Waals surface area contributed by atoms with Gasteiger partial charge in [0.25, 0.3) is 11.1 Å². The van der Waals surface area contributed by atoms with E-state index in [1.165, 1.54) is 18.2 Å². The van der Waals surface area contributed by atoms with Gasteiger partial charge in [0.2, 0.25) is 11.7 Å². The Kier molecular flexibility index (Phi) is 10.5. The van der Waals surface area contributed by atoms with Crippen LogP contribution in [0.15, 0.2) is 9.64 Å². The van der Waals surface area contributed by atoms with Crippen LogP contribution in [0.4, 0.5) is 0 Å². The quantitative estimate of drug-likeness (QED) is 0.367. The van der Waals surface area contributed by atoms with E-state index in [0.29, 0.717) is 23.7 Å². The molecule has 1 amide bonds. The average Bonchev–Trinajstić information content (AvgIpc) is 3.18. The highest BCUT2D eigenvalue weighted by atomic mass is 32.2. The summed E-state index contributed by atoms with van der Waals surface area (Å²) in [5.41, 5.74) is 0. The minimum Gasteiger partial charge on any atom is -0.408 e. The van der Waals surface area contributed by atoms with Crippen molar-refractivity contribution in [2.45, 2.75) is 103 Å². The third-order valence-electron chi connectivity index (χ3n) is 5.83. The lowest BCUT2D eigenvalue weighted by Gasteiger charge is -2.30. The maximum atomic E-state index is 13.0. The second kappa shape index (κ2) is 12.6. The number of ketones is 1. The summed E-state index contributed by atoms with van der Waals surface area (Å²) in [6.07, 6.45) is 5.71. The molecular formula is C23H40N4O3S. The molecule has 31 heavy (non-hydrogen) atoms. The molecule has 1 aliphatic carbocycles. The van der Waals surface area contributed by atoms with Gasteiger partial charge in [0.15, 0.2) is 0 Å². The molecule has 8 heteroatoms. The molecule has 0 radical (unpaired) electrons. The zero-order valence-electron chi connectivity index (χ0n) is 20.0. The Morgan fingerprint density at radius 3 is 2.29 bits per heavy atom. The van der Waals surface area contributed by atoms with Crippen molar-refractivity contribution in [1.82, 2.24) is 20.4 Å². The first-order valence-corrected chi connectivity index (χ1v) is 12.7. The molecule has 1 N–H and O–H groups in total. The van der Waals surface area contributed by atoms with Crippen LogP contribution in [0.3, 0.4) is 0 Å². The van der Waals surface area contributed by atoms with Gasteiger partial charge in [0, 0.05) is 30.3 Å². The van der Waals surface area contributed by atoms with Crippen LogP contribution in [-0.2, 0) is 4.79 Å². The minimum absolute atomic E-state index is 0.00914. The molecule has 1 atom stereocenters. The standard InChI is InChI=1S/C23H40N4O3S/c1-15(2)14-19(24-21(29)18-10-8-7-9-11-18)20(28)22-25-26-23(30-22)31-13-12-27(16(3)4)17(5)6/h15-19H,7-14H2,1-6H3,(H,24,29). The van der Waals surface area contributed by atoms with Crippen LogP contribution in [0.1, 0.15) is 90.8 Å². The predicted molar refractivity (Wildman–Crippen MR) is 124 cm³/mol. The Labute approximate surface area is 191 Å². The summed E-state index contributed by atoms with van der Waals surface area (Å²) in [6, 6.07) is 0.306. The Hall–Kier alpha value is -1.41. The monoisotopic (exact) mass is 452 g/mol. The normalized spacial score (nSPS) is 16.5. The SMILES string of the molecule is CC(C)CC(NC(=O)C1CCCCC1)C(=O)c1nnc(SCCN(C(C)C)C(C)C)o1. The van der Waals surface area contributed by atoms with Crippen molar-refractivity contribution in [1.29, 1.82) is 0 Å². The summed E-state index contributed by atoms with van der Waals surface area (Å²) >= 11 is 1.46. The first-order chi connectivity index (χ1) is 14.7. The Bertz CT molecular complexity index is 691. The first kappa shape index (κ1) is 25.8. The molecule has 1 fully saturated rings. The van der Waals surface area contributed by atoms with E-state index in [0.717, 1.165) is 38.0 Å². The molecule has 7 nitrogen and oxygen atoms in total. The van der Waals surface area contributed by atoms with Gasteiger partial charge < -0.3 is 9.73 Å². The molecule has 0 aliphatic heterocycles. The highest BCUT2D eigenvalue weighted by Crippen LogP contribution is 2.24. The fourth-order valence-electron chi connectivity index (χ4n) is 4.23. The summed E-state index contributed by atoms with van der Waals surface area (Å²) < 4.78 is 5.66. The van der Waals surface area contributed by atoms with Crippen molar-refractivity contribution in [3.63, 3.8) is 0 Å². The lowest BCUT2D eigenvalue weighted by Crippen LogP contribution is -2.45. The fourth-order valence-corrected chi connectivity index (χ4v) is 4.94. The molecule has 0 aromatic carbocycles. The Morgan fingerprint density at radius 1 is 1.06 bits per heavy atom. The lowest BCUT2D eigenvalue weighted by molar-refractivity contribution is -0.126. The van der Waals surface area contributed by atoms with Crippen molar-refractivity contribution in [2.75, 3.05) is 12.3 Å². The Morgan fingerprint density at radius 2 is 1.71 bits per heavy atom. The second-order valence-electron chi connectivity index (χ2n) is 9.54. The molecule has 1 unspecified atom stereocenters. The highest BCUT2D eigenvalue weighted by Gasteiger charge is 2.30. The smallest absolute Gasteiger partial charge is 0.286 e. The predicted octanol–water partition coefficient (Wildman–Crippen LogP) is 4.57. The average molecular weight is 453 g/mol. The molecule has 0 saturated heterocycles. The van der Waals surface area contributed by atoms with Gasteiger partial charge in [-0.1, -0.05) is 44.9 Å². The van der Waals surface area contributed by atoms with E-state index in [9.17, 15) is 9.59 Å². The number of carbonyl (C=O) groups is 2. The number of nitrogens with one attached hydrogen (secondary N) is 1. The van der Waals surface area contributed by atoms with Gasteiger partial charge in [-0.3, -0.25) is 14.5 Å².